The molecule has 0 spiro atoms. The molecule has 1 aromatic rings. The third-order valence-corrected chi connectivity index (χ3v) is 3.38. The third kappa shape index (κ3) is 4.01. The van der Waals surface area contributed by atoms with Crippen LogP contribution >= 0.6 is 11.3 Å². The summed E-state index contributed by atoms with van der Waals surface area (Å²) >= 11 is 1.51. The van der Waals surface area contributed by atoms with Crippen molar-refractivity contribution in [2.24, 2.45) is 0 Å². The molecule has 0 unspecified atom stereocenters. The van der Waals surface area contributed by atoms with E-state index in [0.29, 0.717) is 0 Å². The zero-order valence-corrected chi connectivity index (χ0v) is 9.80. The van der Waals surface area contributed by atoms with Crippen molar-refractivity contribution >= 4 is 22.6 Å². The fourth-order valence-corrected chi connectivity index (χ4v) is 2.17. The summed E-state index contributed by atoms with van der Waals surface area (Å²) in [5, 5.41) is 9.76. The number of carbonyl (C=O) groups is 1. The molecule has 0 saturated carbocycles. The predicted molar refractivity (Wildman–Crippen MR) is 63.9 cm³/mol. The summed E-state index contributed by atoms with van der Waals surface area (Å²) in [5.74, 6) is 0. The highest BCUT2D eigenvalue weighted by Crippen LogP contribution is 2.23. The molecule has 4 heteroatoms. The van der Waals surface area contributed by atoms with Gasteiger partial charge in [0.1, 0.15) is 0 Å². The number of nitrogens with zero attached hydrogens (tertiary/aromatic N) is 1. The lowest BCUT2D eigenvalue weighted by Crippen LogP contribution is -2.17. The molecule has 0 aliphatic carbocycles. The molecule has 0 aromatic carbocycles. The summed E-state index contributed by atoms with van der Waals surface area (Å²) in [6, 6.07) is 3.82. The number of hydrogen-bond acceptors (Lipinski definition) is 4. The van der Waals surface area contributed by atoms with E-state index in [1.54, 1.807) is 0 Å². The lowest BCUT2D eigenvalue weighted by atomic mass is 10.2. The van der Waals surface area contributed by atoms with Crippen molar-refractivity contribution in [1.29, 1.82) is 0 Å². The SMILES string of the molecule is CN(CCCCCO)c1ccc(C=O)s1. The lowest BCUT2D eigenvalue weighted by Gasteiger charge is -2.16. The van der Waals surface area contributed by atoms with Crippen LogP contribution in [0, 0.1) is 0 Å². The van der Waals surface area contributed by atoms with Gasteiger partial charge in [-0.15, -0.1) is 11.3 Å². The zero-order chi connectivity index (χ0) is 11.1. The number of anilines is 1. The molecular formula is C11H17NO2S. The fraction of sp³-hybridized carbons (Fsp3) is 0.545. The molecule has 0 bridgehead atoms. The van der Waals surface area contributed by atoms with Crippen molar-refractivity contribution in [3.63, 3.8) is 0 Å². The average molecular weight is 227 g/mol. The van der Waals surface area contributed by atoms with E-state index < -0.39 is 0 Å². The number of hydrogen-bond donors (Lipinski definition) is 1. The molecule has 1 heterocycles. The fourth-order valence-electron chi connectivity index (χ4n) is 1.36. The van der Waals surface area contributed by atoms with Crippen LogP contribution in [0.25, 0.3) is 0 Å². The summed E-state index contributed by atoms with van der Waals surface area (Å²) in [7, 11) is 2.03. The Bertz CT molecular complexity index is 299. The van der Waals surface area contributed by atoms with Gasteiger partial charge in [0.05, 0.1) is 9.88 Å². The Morgan fingerprint density at radius 2 is 2.20 bits per heavy atom. The van der Waals surface area contributed by atoms with Crippen LogP contribution in [0.4, 0.5) is 5.00 Å². The van der Waals surface area contributed by atoms with Gasteiger partial charge in [0.15, 0.2) is 6.29 Å². The van der Waals surface area contributed by atoms with Gasteiger partial charge < -0.3 is 10.0 Å². The quantitative estimate of drug-likeness (QED) is 0.573. The predicted octanol–water partition coefficient (Wildman–Crippen LogP) is 2.16. The number of rotatable bonds is 7. The first-order valence-electron chi connectivity index (χ1n) is 5.15. The number of aliphatic hydroxyl groups excluding tert-OH is 1. The molecule has 15 heavy (non-hydrogen) atoms. The van der Waals surface area contributed by atoms with Crippen molar-refractivity contribution in [3.05, 3.63) is 17.0 Å². The minimum absolute atomic E-state index is 0.276. The van der Waals surface area contributed by atoms with E-state index in [-0.39, 0.29) is 6.61 Å². The van der Waals surface area contributed by atoms with Gasteiger partial charge in [-0.2, -0.15) is 0 Å². The van der Waals surface area contributed by atoms with Crippen LogP contribution in [0.1, 0.15) is 28.9 Å². The van der Waals surface area contributed by atoms with E-state index in [1.807, 2.05) is 19.2 Å². The van der Waals surface area contributed by atoms with Crippen LogP contribution in [-0.4, -0.2) is 31.6 Å². The topological polar surface area (TPSA) is 40.5 Å². The van der Waals surface area contributed by atoms with E-state index in [9.17, 15) is 4.79 Å². The standard InChI is InChI=1S/C11H17NO2S/c1-12(7-3-2-4-8-13)11-6-5-10(9-14)15-11/h5-6,9,13H,2-4,7-8H2,1H3. The van der Waals surface area contributed by atoms with E-state index in [2.05, 4.69) is 4.90 Å². The van der Waals surface area contributed by atoms with Crippen molar-refractivity contribution in [3.8, 4) is 0 Å². The Kier molecular flexibility index (Phi) is 5.36. The molecule has 0 radical (unpaired) electrons. The van der Waals surface area contributed by atoms with E-state index in [4.69, 9.17) is 5.11 Å². The highest BCUT2D eigenvalue weighted by atomic mass is 32.1. The zero-order valence-electron chi connectivity index (χ0n) is 8.98. The number of aldehydes is 1. The maximum Gasteiger partial charge on any atom is 0.160 e. The minimum Gasteiger partial charge on any atom is -0.396 e. The Morgan fingerprint density at radius 3 is 2.80 bits per heavy atom. The largest absolute Gasteiger partial charge is 0.396 e. The highest BCUT2D eigenvalue weighted by molar-refractivity contribution is 7.17. The van der Waals surface area contributed by atoms with Crippen molar-refractivity contribution in [1.82, 2.24) is 0 Å². The van der Waals surface area contributed by atoms with Crippen LogP contribution in [0.3, 0.4) is 0 Å². The first-order valence-corrected chi connectivity index (χ1v) is 5.96. The molecular weight excluding hydrogens is 210 g/mol. The second kappa shape index (κ2) is 6.58. The second-order valence-corrected chi connectivity index (χ2v) is 4.59. The van der Waals surface area contributed by atoms with E-state index in [0.717, 1.165) is 42.0 Å². The van der Waals surface area contributed by atoms with Crippen LogP contribution < -0.4 is 4.90 Å². The first kappa shape index (κ1) is 12.2. The molecule has 0 fully saturated rings. The van der Waals surface area contributed by atoms with E-state index >= 15 is 0 Å². The Hall–Kier alpha value is -0.870. The van der Waals surface area contributed by atoms with Crippen LogP contribution in [0.2, 0.25) is 0 Å². The van der Waals surface area contributed by atoms with E-state index in [1.165, 1.54) is 11.3 Å². The number of aliphatic hydroxyl groups is 1. The number of carbonyl (C=O) groups excluding carboxylic acids is 1. The summed E-state index contributed by atoms with van der Waals surface area (Å²) < 4.78 is 0. The summed E-state index contributed by atoms with van der Waals surface area (Å²) in [6.07, 6.45) is 3.88. The Balaban J connectivity index is 2.32. The van der Waals surface area contributed by atoms with Gasteiger partial charge in [-0.25, -0.2) is 0 Å². The van der Waals surface area contributed by atoms with Gasteiger partial charge in [0, 0.05) is 20.2 Å². The first-order chi connectivity index (χ1) is 7.27. The van der Waals surface area contributed by atoms with Crippen molar-refractivity contribution < 1.29 is 9.90 Å². The molecule has 3 nitrogen and oxygen atoms in total. The summed E-state index contributed by atoms with van der Waals surface area (Å²) in [6.45, 7) is 1.25. The number of thiophene rings is 1. The molecule has 1 aromatic heterocycles. The lowest BCUT2D eigenvalue weighted by molar-refractivity contribution is 0.112. The Labute approximate surface area is 94.3 Å². The van der Waals surface area contributed by atoms with Gasteiger partial charge in [0.2, 0.25) is 0 Å². The highest BCUT2D eigenvalue weighted by Gasteiger charge is 2.03. The monoisotopic (exact) mass is 227 g/mol. The molecule has 84 valence electrons. The third-order valence-electron chi connectivity index (χ3n) is 2.26. The maximum absolute atomic E-state index is 10.5. The number of unbranched alkanes of at least 4 members (excludes halogenated alkanes) is 2. The molecule has 0 atom stereocenters. The van der Waals surface area contributed by atoms with Gasteiger partial charge in [-0.1, -0.05) is 0 Å². The van der Waals surface area contributed by atoms with Crippen molar-refractivity contribution in [2.75, 3.05) is 25.1 Å². The smallest absolute Gasteiger partial charge is 0.160 e. The van der Waals surface area contributed by atoms with Gasteiger partial charge >= 0.3 is 0 Å². The molecule has 1 rings (SSSR count). The average Bonchev–Trinajstić information content (AvgIpc) is 2.72. The summed E-state index contributed by atoms with van der Waals surface area (Å²) in [5.41, 5.74) is 0. The summed E-state index contributed by atoms with van der Waals surface area (Å²) in [4.78, 5) is 13.4. The van der Waals surface area contributed by atoms with Crippen LogP contribution in [-0.2, 0) is 0 Å². The molecule has 0 aliphatic rings. The maximum atomic E-state index is 10.5. The van der Waals surface area contributed by atoms with Gasteiger partial charge in [-0.3, -0.25) is 4.79 Å². The van der Waals surface area contributed by atoms with Crippen LogP contribution in [0.5, 0.6) is 0 Å². The van der Waals surface area contributed by atoms with Crippen molar-refractivity contribution in [2.45, 2.75) is 19.3 Å². The molecule has 1 N–H and O–H groups in total. The van der Waals surface area contributed by atoms with Crippen LogP contribution in [0.15, 0.2) is 12.1 Å². The minimum atomic E-state index is 0.276. The molecule has 0 amide bonds. The Morgan fingerprint density at radius 1 is 1.40 bits per heavy atom. The van der Waals surface area contributed by atoms with Gasteiger partial charge in [0.25, 0.3) is 0 Å². The van der Waals surface area contributed by atoms with Gasteiger partial charge in [-0.05, 0) is 31.4 Å². The molecule has 0 saturated heterocycles. The normalized spacial score (nSPS) is 10.3. The second-order valence-electron chi connectivity index (χ2n) is 3.50. The molecule has 0 aliphatic heterocycles.